The maximum atomic E-state index is 13.3. The molecule has 4 aromatic carbocycles. The lowest BCUT2D eigenvalue weighted by Gasteiger charge is -2.15. The Morgan fingerprint density at radius 1 is 0.844 bits per heavy atom. The van der Waals surface area contributed by atoms with Crippen molar-refractivity contribution in [2.24, 2.45) is 0 Å². The van der Waals surface area contributed by atoms with Gasteiger partial charge in [0.15, 0.2) is 0 Å². The van der Waals surface area contributed by atoms with Crippen molar-refractivity contribution in [2.75, 3.05) is 10.6 Å². The number of alkyl halides is 3. The molecule has 1 unspecified atom stereocenters. The lowest BCUT2D eigenvalue weighted by Crippen LogP contribution is -2.30. The Labute approximate surface area is 259 Å². The van der Waals surface area contributed by atoms with E-state index in [1.807, 2.05) is 0 Å². The highest BCUT2D eigenvalue weighted by Crippen LogP contribution is 2.31. The van der Waals surface area contributed by atoms with Crippen molar-refractivity contribution in [2.45, 2.75) is 23.2 Å². The van der Waals surface area contributed by atoms with E-state index >= 15 is 0 Å². The summed E-state index contributed by atoms with van der Waals surface area (Å²) < 4.78 is 39.1. The minimum atomic E-state index is -4.55. The van der Waals surface area contributed by atoms with E-state index in [2.05, 4.69) is 16.0 Å². The molecule has 0 saturated heterocycles. The topological polar surface area (TPSA) is 130 Å². The largest absolute Gasteiger partial charge is 0.416 e. The molecule has 0 bridgehead atoms. The summed E-state index contributed by atoms with van der Waals surface area (Å²) >= 11 is 1.12. The number of benzene rings is 4. The van der Waals surface area contributed by atoms with E-state index in [4.69, 9.17) is 0 Å². The second-order valence-electron chi connectivity index (χ2n) is 9.54. The standard InChI is InChI=1S/C32H25F3N4O5S/c1-20(29(40)36-24-10-5-9-23(18-24)32(33,34)35)45-27-12-6-11-25(19-27)37-31(42)28(38-30(41)22-7-3-2-4-8-22)17-21-13-15-26(16-14-21)39(43)44/h2-20H,1H3,(H,36,40)(H,37,42)(H,38,41)/b28-17+. The number of thioether (sulfide) groups is 1. The lowest BCUT2D eigenvalue weighted by molar-refractivity contribution is -0.384. The Bertz CT molecular complexity index is 1750. The van der Waals surface area contributed by atoms with E-state index < -0.39 is 39.6 Å². The molecule has 0 aliphatic carbocycles. The first-order chi connectivity index (χ1) is 21.4. The van der Waals surface area contributed by atoms with Crippen LogP contribution in [0.3, 0.4) is 0 Å². The molecule has 3 N–H and O–H groups in total. The highest BCUT2D eigenvalue weighted by molar-refractivity contribution is 8.00. The van der Waals surface area contributed by atoms with Gasteiger partial charge in [-0.2, -0.15) is 13.2 Å². The summed E-state index contributed by atoms with van der Waals surface area (Å²) in [6, 6.07) is 24.5. The smallest absolute Gasteiger partial charge is 0.325 e. The van der Waals surface area contributed by atoms with E-state index in [-0.39, 0.29) is 17.1 Å². The number of non-ortho nitro benzene ring substituents is 1. The number of carbonyl (C=O) groups excluding carboxylic acids is 3. The average molecular weight is 635 g/mol. The van der Waals surface area contributed by atoms with Crippen molar-refractivity contribution < 1.29 is 32.5 Å². The molecule has 0 aromatic heterocycles. The zero-order valence-electron chi connectivity index (χ0n) is 23.5. The van der Waals surface area contributed by atoms with Crippen molar-refractivity contribution >= 4 is 52.6 Å². The van der Waals surface area contributed by atoms with Crippen LogP contribution in [-0.2, 0) is 15.8 Å². The molecule has 9 nitrogen and oxygen atoms in total. The van der Waals surface area contributed by atoms with Gasteiger partial charge in [-0.3, -0.25) is 24.5 Å². The number of halogens is 3. The maximum Gasteiger partial charge on any atom is 0.416 e. The lowest BCUT2D eigenvalue weighted by atomic mass is 10.1. The van der Waals surface area contributed by atoms with E-state index in [1.54, 1.807) is 61.5 Å². The van der Waals surface area contributed by atoms with Gasteiger partial charge in [0, 0.05) is 34.0 Å². The average Bonchev–Trinajstić information content (AvgIpc) is 3.01. The predicted molar refractivity (Wildman–Crippen MR) is 165 cm³/mol. The van der Waals surface area contributed by atoms with Gasteiger partial charge in [0.2, 0.25) is 5.91 Å². The number of hydrogen-bond donors (Lipinski definition) is 3. The van der Waals surface area contributed by atoms with Crippen LogP contribution in [0.4, 0.5) is 30.2 Å². The summed E-state index contributed by atoms with van der Waals surface area (Å²) in [5.74, 6) is -1.76. The minimum Gasteiger partial charge on any atom is -0.325 e. The molecule has 4 rings (SSSR count). The fourth-order valence-corrected chi connectivity index (χ4v) is 4.85. The molecule has 0 saturated carbocycles. The highest BCUT2D eigenvalue weighted by Gasteiger charge is 2.30. The summed E-state index contributed by atoms with van der Waals surface area (Å²) in [7, 11) is 0. The summed E-state index contributed by atoms with van der Waals surface area (Å²) in [4.78, 5) is 50.0. The molecule has 45 heavy (non-hydrogen) atoms. The molecule has 1 atom stereocenters. The number of hydrogen-bond acceptors (Lipinski definition) is 6. The van der Waals surface area contributed by atoms with Gasteiger partial charge in [0.05, 0.1) is 15.7 Å². The number of nitro benzene ring substituents is 1. The number of amides is 3. The molecule has 0 aliphatic rings. The molecule has 0 aliphatic heterocycles. The van der Waals surface area contributed by atoms with Crippen molar-refractivity contribution in [3.63, 3.8) is 0 Å². The van der Waals surface area contributed by atoms with Gasteiger partial charge in [0.25, 0.3) is 17.5 Å². The normalized spacial score (nSPS) is 12.1. The number of rotatable bonds is 10. The fourth-order valence-electron chi connectivity index (χ4n) is 3.92. The second kappa shape index (κ2) is 14.4. The third-order valence-corrected chi connectivity index (χ3v) is 7.27. The van der Waals surface area contributed by atoms with Crippen LogP contribution in [0.1, 0.15) is 28.4 Å². The number of carbonyl (C=O) groups is 3. The van der Waals surface area contributed by atoms with Crippen molar-refractivity contribution in [1.29, 1.82) is 0 Å². The molecule has 0 heterocycles. The second-order valence-corrected chi connectivity index (χ2v) is 11.0. The summed E-state index contributed by atoms with van der Waals surface area (Å²) in [5.41, 5.74) is -0.0962. The molecule has 0 spiro atoms. The van der Waals surface area contributed by atoms with Gasteiger partial charge in [-0.05, 0) is 79.2 Å². The van der Waals surface area contributed by atoms with Crippen LogP contribution in [0.5, 0.6) is 0 Å². The van der Waals surface area contributed by atoms with E-state index in [9.17, 15) is 37.7 Å². The van der Waals surface area contributed by atoms with Crippen LogP contribution < -0.4 is 16.0 Å². The fraction of sp³-hybridized carbons (Fsp3) is 0.0938. The van der Waals surface area contributed by atoms with Gasteiger partial charge in [-0.1, -0.05) is 30.3 Å². The number of nitrogens with zero attached hydrogens (tertiary/aromatic N) is 1. The molecule has 230 valence electrons. The quantitative estimate of drug-likeness (QED) is 0.0736. The SMILES string of the molecule is CC(Sc1cccc(NC(=O)/C(=C\c2ccc([N+](=O)[O-])cc2)NC(=O)c2ccccc2)c1)C(=O)Nc1cccc(C(F)(F)F)c1. The Morgan fingerprint density at radius 3 is 2.13 bits per heavy atom. The van der Waals surface area contributed by atoms with Crippen molar-refractivity contribution in [3.8, 4) is 0 Å². The summed E-state index contributed by atoms with van der Waals surface area (Å²) in [6.07, 6.45) is -3.17. The van der Waals surface area contributed by atoms with E-state index in [0.29, 0.717) is 21.7 Å². The highest BCUT2D eigenvalue weighted by atomic mass is 32.2. The molecule has 3 amide bonds. The van der Waals surface area contributed by atoms with Crippen LogP contribution in [0, 0.1) is 10.1 Å². The van der Waals surface area contributed by atoms with Gasteiger partial charge < -0.3 is 16.0 Å². The first kappa shape index (κ1) is 32.5. The Morgan fingerprint density at radius 2 is 1.49 bits per heavy atom. The summed E-state index contributed by atoms with van der Waals surface area (Å²) in [5, 5.41) is 18.1. The van der Waals surface area contributed by atoms with Crippen LogP contribution in [0.15, 0.2) is 114 Å². The van der Waals surface area contributed by atoms with Gasteiger partial charge in [0.1, 0.15) is 5.70 Å². The van der Waals surface area contributed by atoms with Gasteiger partial charge >= 0.3 is 6.18 Å². The van der Waals surface area contributed by atoms with E-state index in [0.717, 1.165) is 23.9 Å². The van der Waals surface area contributed by atoms with Crippen LogP contribution in [-0.4, -0.2) is 27.9 Å². The molecule has 0 radical (unpaired) electrons. The zero-order valence-corrected chi connectivity index (χ0v) is 24.3. The first-order valence-corrected chi connectivity index (χ1v) is 14.2. The molecular formula is C32H25F3N4O5S. The van der Waals surface area contributed by atoms with Crippen molar-refractivity contribution in [3.05, 3.63) is 136 Å². The molecule has 0 fully saturated rings. The minimum absolute atomic E-state index is 0.00757. The Hall–Kier alpha value is -5.43. The third kappa shape index (κ3) is 9.28. The van der Waals surface area contributed by atoms with Gasteiger partial charge in [-0.25, -0.2) is 0 Å². The molecular weight excluding hydrogens is 609 g/mol. The van der Waals surface area contributed by atoms with Crippen molar-refractivity contribution in [1.82, 2.24) is 5.32 Å². The van der Waals surface area contributed by atoms with Gasteiger partial charge in [-0.15, -0.1) is 11.8 Å². The Balaban J connectivity index is 1.48. The van der Waals surface area contributed by atoms with Crippen LogP contribution >= 0.6 is 11.8 Å². The number of nitrogens with one attached hydrogen (secondary N) is 3. The van der Waals surface area contributed by atoms with Crippen LogP contribution in [0.2, 0.25) is 0 Å². The zero-order chi connectivity index (χ0) is 32.6. The first-order valence-electron chi connectivity index (χ1n) is 13.3. The predicted octanol–water partition coefficient (Wildman–Crippen LogP) is 7.14. The number of nitro groups is 1. The van der Waals surface area contributed by atoms with Crippen LogP contribution in [0.25, 0.3) is 6.08 Å². The Kier molecular flexibility index (Phi) is 10.4. The molecule has 13 heteroatoms. The molecule has 4 aromatic rings. The monoisotopic (exact) mass is 634 g/mol. The summed E-state index contributed by atoms with van der Waals surface area (Å²) in [6.45, 7) is 1.59. The maximum absolute atomic E-state index is 13.3. The third-order valence-electron chi connectivity index (χ3n) is 6.18. The van der Waals surface area contributed by atoms with E-state index in [1.165, 1.54) is 42.5 Å². The number of anilines is 2.